The van der Waals surface area contributed by atoms with Gasteiger partial charge in [0.1, 0.15) is 0 Å². The molecule has 0 atom stereocenters. The van der Waals surface area contributed by atoms with Gasteiger partial charge in [-0.3, -0.25) is 0 Å². The molecule has 0 spiro atoms. The molecule has 0 saturated carbocycles. The Hall–Kier alpha value is -6.69. The highest BCUT2D eigenvalue weighted by atomic mass is 32.2. The van der Waals surface area contributed by atoms with Gasteiger partial charge < -0.3 is 9.80 Å². The number of sulfone groups is 1. The number of rotatable bonds is 4. The first-order valence-corrected chi connectivity index (χ1v) is 21.7. The summed E-state index contributed by atoms with van der Waals surface area (Å²) in [7, 11) is -3.65. The molecule has 11 rings (SSSR count). The van der Waals surface area contributed by atoms with Gasteiger partial charge in [0.25, 0.3) is 0 Å². The predicted octanol–water partition coefficient (Wildman–Crippen LogP) is 14.1. The second-order valence-electron chi connectivity index (χ2n) is 17.0. The van der Waals surface area contributed by atoms with Gasteiger partial charge in [0.15, 0.2) is 0 Å². The predicted molar refractivity (Wildman–Crippen MR) is 242 cm³/mol. The first kappa shape index (κ1) is 35.5. The summed E-state index contributed by atoms with van der Waals surface area (Å²) >= 11 is 0. The van der Waals surface area contributed by atoms with Gasteiger partial charge in [0, 0.05) is 33.3 Å². The highest BCUT2D eigenvalue weighted by Crippen LogP contribution is 2.54. The molecular formula is C54H42N2O2S. The van der Waals surface area contributed by atoms with Crippen molar-refractivity contribution >= 4 is 44.0 Å². The minimum absolute atomic E-state index is 0.126. The van der Waals surface area contributed by atoms with E-state index in [9.17, 15) is 8.42 Å². The van der Waals surface area contributed by atoms with E-state index in [0.717, 1.165) is 44.8 Å². The van der Waals surface area contributed by atoms with E-state index in [2.05, 4.69) is 183 Å². The number of hydrogen-bond donors (Lipinski definition) is 0. The monoisotopic (exact) mass is 782 g/mol. The van der Waals surface area contributed by atoms with Crippen LogP contribution in [-0.4, -0.2) is 8.42 Å². The summed E-state index contributed by atoms with van der Waals surface area (Å²) in [5.41, 5.74) is 17.3. The summed E-state index contributed by atoms with van der Waals surface area (Å²) < 4.78 is 27.8. The molecule has 0 aliphatic carbocycles. The Kier molecular flexibility index (Phi) is 7.61. The zero-order valence-corrected chi connectivity index (χ0v) is 34.3. The molecule has 0 saturated heterocycles. The summed E-state index contributed by atoms with van der Waals surface area (Å²) in [6, 6.07) is 63.4. The normalized spacial score (nSPS) is 15.9. The molecule has 0 amide bonds. The van der Waals surface area contributed by atoms with Gasteiger partial charge in [-0.1, -0.05) is 137 Å². The summed E-state index contributed by atoms with van der Waals surface area (Å²) in [5.74, 6) is 0. The highest BCUT2D eigenvalue weighted by Gasteiger charge is 2.38. The van der Waals surface area contributed by atoms with E-state index >= 15 is 0 Å². The lowest BCUT2D eigenvalue weighted by Gasteiger charge is -2.42. The maximum Gasteiger partial charge on any atom is 0.207 e. The average molecular weight is 783 g/mol. The third kappa shape index (κ3) is 5.17. The molecule has 0 unspecified atom stereocenters. The van der Waals surface area contributed by atoms with E-state index in [1.54, 1.807) is 12.1 Å². The Morgan fingerprint density at radius 1 is 0.356 bits per heavy atom. The minimum Gasteiger partial charge on any atom is -0.310 e. The number of benzene rings is 8. The van der Waals surface area contributed by atoms with Crippen molar-refractivity contribution in [3.63, 3.8) is 0 Å². The molecule has 59 heavy (non-hydrogen) atoms. The summed E-state index contributed by atoms with van der Waals surface area (Å²) in [4.78, 5) is 5.42. The van der Waals surface area contributed by atoms with Crippen LogP contribution in [0.4, 0.5) is 34.1 Å². The Bertz CT molecular complexity index is 2820. The average Bonchev–Trinajstić information content (AvgIpc) is 3.49. The van der Waals surface area contributed by atoms with Crippen LogP contribution < -0.4 is 9.80 Å². The maximum atomic E-state index is 13.9. The van der Waals surface area contributed by atoms with Crippen molar-refractivity contribution in [1.82, 2.24) is 0 Å². The van der Waals surface area contributed by atoms with Crippen molar-refractivity contribution < 1.29 is 8.42 Å². The first-order chi connectivity index (χ1) is 28.5. The van der Waals surface area contributed by atoms with E-state index in [-0.39, 0.29) is 10.8 Å². The van der Waals surface area contributed by atoms with Gasteiger partial charge in [-0.15, -0.1) is 0 Å². The number of para-hydroxylation sites is 4. The Morgan fingerprint density at radius 3 is 0.966 bits per heavy atom. The molecule has 3 heterocycles. The summed E-state index contributed by atoms with van der Waals surface area (Å²) in [6.07, 6.45) is 0. The Labute approximate surface area is 346 Å². The summed E-state index contributed by atoms with van der Waals surface area (Å²) in [5, 5.41) is 0. The molecule has 8 aromatic rings. The van der Waals surface area contributed by atoms with E-state index in [1.807, 2.05) is 24.3 Å². The molecule has 8 aromatic carbocycles. The number of fused-ring (bicyclic) bond motifs is 7. The van der Waals surface area contributed by atoms with Crippen molar-refractivity contribution in [2.24, 2.45) is 0 Å². The van der Waals surface area contributed by atoms with Crippen LogP contribution >= 0.6 is 0 Å². The first-order valence-electron chi connectivity index (χ1n) is 20.3. The highest BCUT2D eigenvalue weighted by molar-refractivity contribution is 7.92. The van der Waals surface area contributed by atoms with Crippen LogP contribution in [0.3, 0.4) is 0 Å². The maximum absolute atomic E-state index is 13.9. The van der Waals surface area contributed by atoms with Crippen LogP contribution in [0.2, 0.25) is 0 Å². The molecule has 4 nitrogen and oxygen atoms in total. The molecular weight excluding hydrogens is 741 g/mol. The summed E-state index contributed by atoms with van der Waals surface area (Å²) in [6.45, 7) is 9.19. The smallest absolute Gasteiger partial charge is 0.207 e. The van der Waals surface area contributed by atoms with E-state index in [4.69, 9.17) is 0 Å². The Morgan fingerprint density at radius 2 is 0.644 bits per heavy atom. The van der Waals surface area contributed by atoms with Crippen LogP contribution in [0.5, 0.6) is 0 Å². The second-order valence-corrected chi connectivity index (χ2v) is 18.9. The van der Waals surface area contributed by atoms with Gasteiger partial charge in [-0.2, -0.15) is 0 Å². The number of hydrogen-bond acceptors (Lipinski definition) is 4. The SMILES string of the molecule is CC1(C)c2ccccc2N(c2ccc(-c3ccc4c(c3)-c3cc(-c5ccc(N6c7ccccc7C(C)(C)c7ccccc76)cc5)ccc3S4(=O)=O)cc2)c2ccccc21. The third-order valence-corrected chi connectivity index (χ3v) is 14.9. The van der Waals surface area contributed by atoms with Crippen molar-refractivity contribution in [3.8, 4) is 33.4 Å². The Balaban J connectivity index is 0.935. The topological polar surface area (TPSA) is 40.6 Å². The second kappa shape index (κ2) is 12.7. The van der Waals surface area contributed by atoms with Gasteiger partial charge >= 0.3 is 0 Å². The number of anilines is 6. The molecule has 3 aliphatic heterocycles. The van der Waals surface area contributed by atoms with Crippen molar-refractivity contribution in [1.29, 1.82) is 0 Å². The lowest BCUT2D eigenvalue weighted by molar-refractivity contribution is 0.598. The van der Waals surface area contributed by atoms with Crippen LogP contribution in [0, 0.1) is 0 Å². The minimum atomic E-state index is -3.65. The van der Waals surface area contributed by atoms with E-state index in [1.165, 1.54) is 45.0 Å². The fourth-order valence-corrected chi connectivity index (χ4v) is 11.6. The fraction of sp³-hybridized carbons (Fsp3) is 0.111. The van der Waals surface area contributed by atoms with Gasteiger partial charge in [-0.25, -0.2) is 8.42 Å². The van der Waals surface area contributed by atoms with Crippen LogP contribution in [0.25, 0.3) is 33.4 Å². The quantitative estimate of drug-likeness (QED) is 0.178. The van der Waals surface area contributed by atoms with Gasteiger partial charge in [0.05, 0.1) is 32.5 Å². The van der Waals surface area contributed by atoms with Crippen molar-refractivity contribution in [2.45, 2.75) is 48.3 Å². The molecule has 3 aliphatic rings. The standard InChI is InChI=1S/C54H42N2O2S/c1-53(2)43-13-5-9-17-47(43)55(48-18-10-6-14-44(48)53)39-27-21-35(22-28-39)37-25-31-51-41(33-37)42-34-38(26-32-52(42)59(51,57)58)36-23-29-40(30-24-36)56-49-19-11-7-15-45(49)54(3,4)46-16-8-12-20-50(46)56/h5-34H,1-4H3. The largest absolute Gasteiger partial charge is 0.310 e. The molecule has 0 fully saturated rings. The van der Waals surface area contributed by atoms with Crippen LogP contribution in [-0.2, 0) is 20.7 Å². The third-order valence-electron chi connectivity index (χ3n) is 13.0. The molecule has 0 radical (unpaired) electrons. The molecule has 5 heteroatoms. The van der Waals surface area contributed by atoms with Gasteiger partial charge in [0.2, 0.25) is 9.84 Å². The van der Waals surface area contributed by atoms with Crippen molar-refractivity contribution in [2.75, 3.05) is 9.80 Å². The number of nitrogens with zero attached hydrogens (tertiary/aromatic N) is 2. The molecule has 0 N–H and O–H groups in total. The lowest BCUT2D eigenvalue weighted by atomic mass is 9.73. The fourth-order valence-electron chi connectivity index (χ4n) is 9.93. The zero-order valence-electron chi connectivity index (χ0n) is 33.4. The van der Waals surface area contributed by atoms with Crippen LogP contribution in [0.1, 0.15) is 49.9 Å². The molecule has 286 valence electrons. The van der Waals surface area contributed by atoms with Gasteiger partial charge in [-0.05, 0) is 117 Å². The van der Waals surface area contributed by atoms with E-state index < -0.39 is 9.84 Å². The van der Waals surface area contributed by atoms with E-state index in [0.29, 0.717) is 9.79 Å². The molecule has 0 aromatic heterocycles. The lowest BCUT2D eigenvalue weighted by Crippen LogP contribution is -2.30. The van der Waals surface area contributed by atoms with Crippen molar-refractivity contribution in [3.05, 3.63) is 204 Å². The zero-order chi connectivity index (χ0) is 40.3. The van der Waals surface area contributed by atoms with Crippen LogP contribution in [0.15, 0.2) is 192 Å². The molecule has 0 bridgehead atoms.